The van der Waals surface area contributed by atoms with Crippen LogP contribution < -0.4 is 5.32 Å². The normalized spacial score (nSPS) is 10.7. The van der Waals surface area contributed by atoms with Crippen molar-refractivity contribution in [3.8, 4) is 0 Å². The van der Waals surface area contributed by atoms with Gasteiger partial charge in [-0.2, -0.15) is 5.10 Å². The fraction of sp³-hybridized carbons (Fsp3) is 0.429. The number of hydrogen-bond donors (Lipinski definition) is 1. The van der Waals surface area contributed by atoms with Crippen LogP contribution in [0.15, 0.2) is 24.4 Å². The second-order valence-electron chi connectivity index (χ2n) is 4.55. The van der Waals surface area contributed by atoms with Crippen molar-refractivity contribution in [3.63, 3.8) is 0 Å². The number of nitrogens with zero attached hydrogens (tertiary/aromatic N) is 2. The molecule has 0 radical (unpaired) electrons. The van der Waals surface area contributed by atoms with Gasteiger partial charge in [0, 0.05) is 23.9 Å². The van der Waals surface area contributed by atoms with Crippen LogP contribution in [0.2, 0.25) is 4.34 Å². The third-order valence-electron chi connectivity index (χ3n) is 2.93. The van der Waals surface area contributed by atoms with E-state index in [1.165, 1.54) is 11.3 Å². The molecule has 2 aromatic rings. The fourth-order valence-corrected chi connectivity index (χ4v) is 2.94. The zero-order valence-electron chi connectivity index (χ0n) is 11.4. The van der Waals surface area contributed by atoms with Gasteiger partial charge in [0.2, 0.25) is 5.91 Å². The minimum absolute atomic E-state index is 0.00720. The average molecular weight is 312 g/mol. The Morgan fingerprint density at radius 2 is 2.30 bits per heavy atom. The van der Waals surface area contributed by atoms with E-state index >= 15 is 0 Å². The van der Waals surface area contributed by atoms with Gasteiger partial charge in [0.15, 0.2) is 0 Å². The lowest BCUT2D eigenvalue weighted by Crippen LogP contribution is -2.16. The Kier molecular flexibility index (Phi) is 5.61. The number of hydrogen-bond acceptors (Lipinski definition) is 3. The quantitative estimate of drug-likeness (QED) is 0.841. The summed E-state index contributed by atoms with van der Waals surface area (Å²) in [6.45, 7) is 2.97. The molecule has 0 fully saturated rings. The van der Waals surface area contributed by atoms with Crippen LogP contribution in [0.1, 0.15) is 31.1 Å². The molecule has 2 rings (SSSR count). The number of rotatable bonds is 7. The van der Waals surface area contributed by atoms with E-state index in [1.807, 2.05) is 22.9 Å². The number of carbonyl (C=O) groups is 1. The zero-order valence-corrected chi connectivity index (χ0v) is 13.0. The summed E-state index contributed by atoms with van der Waals surface area (Å²) < 4.78 is 2.60. The number of anilines is 1. The molecular weight excluding hydrogens is 294 g/mol. The molecule has 0 aromatic carbocycles. The molecular formula is C14H18ClN3OS. The van der Waals surface area contributed by atoms with Crippen LogP contribution in [0.5, 0.6) is 0 Å². The number of carbonyl (C=O) groups excluding carboxylic acids is 1. The fourth-order valence-electron chi connectivity index (χ4n) is 1.85. The Bertz CT molecular complexity index is 564. The molecule has 1 amide bonds. The standard InChI is InChI=1S/C14H18ClN3OS/c1-2-3-10-18-13(8-9-16-18)17-14(19)7-5-11-4-6-12(15)20-11/h4,6,8-9H,2-3,5,7,10H2,1H3,(H,17,19). The van der Waals surface area contributed by atoms with Gasteiger partial charge in [0.1, 0.15) is 5.82 Å². The van der Waals surface area contributed by atoms with Crippen LogP contribution in [0.3, 0.4) is 0 Å². The van der Waals surface area contributed by atoms with E-state index in [0.29, 0.717) is 12.8 Å². The second-order valence-corrected chi connectivity index (χ2v) is 6.35. The molecule has 0 atom stereocenters. The summed E-state index contributed by atoms with van der Waals surface area (Å²) in [5.41, 5.74) is 0. The van der Waals surface area contributed by atoms with Crippen molar-refractivity contribution >= 4 is 34.7 Å². The van der Waals surface area contributed by atoms with Gasteiger partial charge in [-0.25, -0.2) is 4.68 Å². The maximum absolute atomic E-state index is 11.9. The number of unbranched alkanes of at least 4 members (excludes halogenated alkanes) is 1. The van der Waals surface area contributed by atoms with Crippen molar-refractivity contribution in [2.45, 2.75) is 39.2 Å². The van der Waals surface area contributed by atoms with E-state index in [4.69, 9.17) is 11.6 Å². The molecule has 0 saturated carbocycles. The number of aryl methyl sites for hydroxylation is 2. The van der Waals surface area contributed by atoms with Crippen molar-refractivity contribution in [2.75, 3.05) is 5.32 Å². The monoisotopic (exact) mass is 311 g/mol. The highest BCUT2D eigenvalue weighted by Crippen LogP contribution is 2.22. The summed E-state index contributed by atoms with van der Waals surface area (Å²) >= 11 is 7.39. The van der Waals surface area contributed by atoms with Crippen LogP contribution in [0, 0.1) is 0 Å². The van der Waals surface area contributed by atoms with Crippen molar-refractivity contribution in [2.24, 2.45) is 0 Å². The van der Waals surface area contributed by atoms with Crippen molar-refractivity contribution < 1.29 is 4.79 Å². The lowest BCUT2D eigenvalue weighted by Gasteiger charge is -2.08. The van der Waals surface area contributed by atoms with E-state index in [2.05, 4.69) is 17.3 Å². The summed E-state index contributed by atoms with van der Waals surface area (Å²) in [7, 11) is 0. The highest BCUT2D eigenvalue weighted by Gasteiger charge is 2.08. The SMILES string of the molecule is CCCCn1nccc1NC(=O)CCc1ccc(Cl)s1. The Balaban J connectivity index is 1.83. The summed E-state index contributed by atoms with van der Waals surface area (Å²) in [4.78, 5) is 13.1. The van der Waals surface area contributed by atoms with Gasteiger partial charge in [-0.15, -0.1) is 11.3 Å². The molecule has 0 aliphatic rings. The summed E-state index contributed by atoms with van der Waals surface area (Å²) in [6, 6.07) is 5.65. The van der Waals surface area contributed by atoms with Gasteiger partial charge < -0.3 is 5.32 Å². The van der Waals surface area contributed by atoms with Crippen LogP contribution in [0.25, 0.3) is 0 Å². The summed E-state index contributed by atoms with van der Waals surface area (Å²) in [5.74, 6) is 0.778. The predicted octanol–water partition coefficient (Wildman–Crippen LogP) is 3.97. The van der Waals surface area contributed by atoms with Gasteiger partial charge >= 0.3 is 0 Å². The minimum atomic E-state index is 0.00720. The molecule has 2 aromatic heterocycles. The molecule has 0 aliphatic carbocycles. The molecule has 108 valence electrons. The summed E-state index contributed by atoms with van der Waals surface area (Å²) in [6.07, 6.45) is 5.04. The molecule has 0 spiro atoms. The highest BCUT2D eigenvalue weighted by molar-refractivity contribution is 7.16. The lowest BCUT2D eigenvalue weighted by atomic mass is 10.2. The number of amides is 1. The number of halogens is 1. The number of thiophene rings is 1. The first-order valence-corrected chi connectivity index (χ1v) is 7.94. The zero-order chi connectivity index (χ0) is 14.4. The first kappa shape index (κ1) is 15.1. The third kappa shape index (κ3) is 4.35. The molecule has 0 aliphatic heterocycles. The molecule has 0 unspecified atom stereocenters. The molecule has 0 saturated heterocycles. The van der Waals surface area contributed by atoms with Gasteiger partial charge in [0.25, 0.3) is 0 Å². The lowest BCUT2D eigenvalue weighted by molar-refractivity contribution is -0.116. The average Bonchev–Trinajstić information content (AvgIpc) is 3.03. The predicted molar refractivity (Wildman–Crippen MR) is 83.4 cm³/mol. The molecule has 4 nitrogen and oxygen atoms in total. The van der Waals surface area contributed by atoms with E-state index in [0.717, 1.165) is 34.4 Å². The first-order valence-electron chi connectivity index (χ1n) is 6.75. The first-order chi connectivity index (χ1) is 9.69. The molecule has 20 heavy (non-hydrogen) atoms. The van der Waals surface area contributed by atoms with Crippen LogP contribution >= 0.6 is 22.9 Å². The van der Waals surface area contributed by atoms with Crippen molar-refractivity contribution in [1.82, 2.24) is 9.78 Å². The van der Waals surface area contributed by atoms with Gasteiger partial charge in [-0.05, 0) is 25.0 Å². The maximum Gasteiger partial charge on any atom is 0.225 e. The largest absolute Gasteiger partial charge is 0.311 e. The Hall–Kier alpha value is -1.33. The van der Waals surface area contributed by atoms with Crippen LogP contribution in [-0.4, -0.2) is 15.7 Å². The van der Waals surface area contributed by atoms with Gasteiger partial charge in [0.05, 0.1) is 10.5 Å². The maximum atomic E-state index is 11.9. The Labute approximate surface area is 127 Å². The molecule has 2 heterocycles. The van der Waals surface area contributed by atoms with Crippen molar-refractivity contribution in [1.29, 1.82) is 0 Å². The second kappa shape index (κ2) is 7.45. The Morgan fingerprint density at radius 1 is 1.45 bits per heavy atom. The van der Waals surface area contributed by atoms with E-state index in [-0.39, 0.29) is 5.91 Å². The smallest absolute Gasteiger partial charge is 0.225 e. The molecule has 0 bridgehead atoms. The van der Waals surface area contributed by atoms with Crippen LogP contribution in [0.4, 0.5) is 5.82 Å². The molecule has 6 heteroatoms. The van der Waals surface area contributed by atoms with Gasteiger partial charge in [-0.1, -0.05) is 24.9 Å². The van der Waals surface area contributed by atoms with Crippen molar-refractivity contribution in [3.05, 3.63) is 33.6 Å². The summed E-state index contributed by atoms with van der Waals surface area (Å²) in [5, 5.41) is 7.12. The van der Waals surface area contributed by atoms with E-state index in [1.54, 1.807) is 6.20 Å². The van der Waals surface area contributed by atoms with E-state index < -0.39 is 0 Å². The number of aromatic nitrogens is 2. The molecule has 1 N–H and O–H groups in total. The Morgan fingerprint density at radius 3 is 3.00 bits per heavy atom. The number of nitrogens with one attached hydrogen (secondary N) is 1. The third-order valence-corrected chi connectivity index (χ3v) is 4.23. The van der Waals surface area contributed by atoms with Gasteiger partial charge in [-0.3, -0.25) is 4.79 Å². The topological polar surface area (TPSA) is 46.9 Å². The van der Waals surface area contributed by atoms with E-state index in [9.17, 15) is 4.79 Å². The highest BCUT2D eigenvalue weighted by atomic mass is 35.5. The van der Waals surface area contributed by atoms with Crippen LogP contribution in [-0.2, 0) is 17.8 Å². The minimum Gasteiger partial charge on any atom is -0.311 e.